The Morgan fingerprint density at radius 2 is 1.59 bits per heavy atom. The van der Waals surface area contributed by atoms with Gasteiger partial charge in [0.2, 0.25) is 10.0 Å². The van der Waals surface area contributed by atoms with Gasteiger partial charge in [-0.25, -0.2) is 21.2 Å². The molecule has 6 nitrogen and oxygen atoms in total. The first-order chi connectivity index (χ1) is 12.5. The van der Waals surface area contributed by atoms with Crippen molar-refractivity contribution >= 4 is 48.9 Å². The summed E-state index contributed by atoms with van der Waals surface area (Å²) < 4.78 is 67.7. The molecule has 0 spiro atoms. The van der Waals surface area contributed by atoms with Crippen LogP contribution in [-0.4, -0.2) is 34.2 Å². The maximum absolute atomic E-state index is 14.1. The van der Waals surface area contributed by atoms with Gasteiger partial charge in [-0.05, 0) is 30.3 Å². The van der Waals surface area contributed by atoms with E-state index in [1.54, 1.807) is 13.8 Å². The van der Waals surface area contributed by atoms with Crippen LogP contribution >= 0.6 is 23.2 Å². The summed E-state index contributed by atoms with van der Waals surface area (Å²) in [4.78, 5) is -0.905. The molecule has 0 aliphatic heterocycles. The lowest BCUT2D eigenvalue weighted by molar-refractivity contribution is 0.445. The van der Waals surface area contributed by atoms with E-state index >= 15 is 0 Å². The molecule has 27 heavy (non-hydrogen) atoms. The van der Waals surface area contributed by atoms with Gasteiger partial charge in [0.25, 0.3) is 10.0 Å². The maximum Gasteiger partial charge on any atom is 0.264 e. The minimum absolute atomic E-state index is 0.0567. The summed E-state index contributed by atoms with van der Waals surface area (Å²) in [7, 11) is -8.25. The molecule has 0 aromatic heterocycles. The summed E-state index contributed by atoms with van der Waals surface area (Å²) in [5.41, 5.74) is -0.0792. The molecule has 0 radical (unpaired) electrons. The molecule has 2 aromatic carbocycles. The van der Waals surface area contributed by atoms with Crippen molar-refractivity contribution < 1.29 is 21.2 Å². The van der Waals surface area contributed by atoms with Gasteiger partial charge < -0.3 is 0 Å². The van der Waals surface area contributed by atoms with E-state index in [2.05, 4.69) is 4.72 Å². The second-order valence-corrected chi connectivity index (χ2v) is 9.76. The standard InChI is InChI=1S/C16H17Cl2FN2O4S2/c1-3-21(4-2)27(24,25)15-10-11(8-9-12(15)17)20-26(22,23)14-7-5-6-13(18)16(14)19/h5-10,20H,3-4H2,1-2H3. The molecular formula is C16H17Cl2FN2O4S2. The fourth-order valence-electron chi connectivity index (χ4n) is 2.37. The van der Waals surface area contributed by atoms with Crippen LogP contribution in [0.4, 0.5) is 10.1 Å². The van der Waals surface area contributed by atoms with Gasteiger partial charge in [-0.3, -0.25) is 4.72 Å². The largest absolute Gasteiger partial charge is 0.279 e. The van der Waals surface area contributed by atoms with Gasteiger partial charge in [-0.1, -0.05) is 43.1 Å². The Morgan fingerprint density at radius 3 is 2.19 bits per heavy atom. The van der Waals surface area contributed by atoms with Gasteiger partial charge >= 0.3 is 0 Å². The molecule has 0 saturated carbocycles. The average molecular weight is 455 g/mol. The summed E-state index contributed by atoms with van der Waals surface area (Å²) in [5, 5.41) is -0.405. The Hall–Kier alpha value is -1.39. The van der Waals surface area contributed by atoms with Crippen molar-refractivity contribution in [2.75, 3.05) is 17.8 Å². The second-order valence-electron chi connectivity index (χ2n) is 5.39. The minimum atomic E-state index is -4.33. The molecule has 148 valence electrons. The van der Waals surface area contributed by atoms with Crippen molar-refractivity contribution in [3.05, 3.63) is 52.3 Å². The van der Waals surface area contributed by atoms with Crippen LogP contribution in [0, 0.1) is 5.82 Å². The highest BCUT2D eigenvalue weighted by atomic mass is 35.5. The Morgan fingerprint density at radius 1 is 0.963 bits per heavy atom. The second kappa shape index (κ2) is 8.32. The summed E-state index contributed by atoms with van der Waals surface area (Å²) in [6, 6.07) is 7.18. The first-order valence-corrected chi connectivity index (χ1v) is 11.5. The quantitative estimate of drug-likeness (QED) is 0.685. The molecule has 11 heteroatoms. The van der Waals surface area contributed by atoms with Crippen LogP contribution in [0.5, 0.6) is 0 Å². The van der Waals surface area contributed by atoms with Crippen molar-refractivity contribution in [3.8, 4) is 0 Å². The third-order valence-corrected chi connectivity index (χ3v) is 7.93. The van der Waals surface area contributed by atoms with Gasteiger partial charge in [0.1, 0.15) is 9.79 Å². The smallest absolute Gasteiger partial charge is 0.264 e. The van der Waals surface area contributed by atoms with Crippen LogP contribution in [0.2, 0.25) is 10.0 Å². The summed E-state index contributed by atoms with van der Waals surface area (Å²) >= 11 is 11.6. The molecule has 0 aliphatic carbocycles. The minimum Gasteiger partial charge on any atom is -0.279 e. The highest BCUT2D eigenvalue weighted by molar-refractivity contribution is 7.92. The molecule has 0 unspecified atom stereocenters. The van der Waals surface area contributed by atoms with Crippen LogP contribution in [0.3, 0.4) is 0 Å². The summed E-state index contributed by atoms with van der Waals surface area (Å²) in [6.45, 7) is 3.78. The van der Waals surface area contributed by atoms with Gasteiger partial charge in [-0.2, -0.15) is 4.31 Å². The lowest BCUT2D eigenvalue weighted by Crippen LogP contribution is -2.30. The number of hydrogen-bond donors (Lipinski definition) is 1. The highest BCUT2D eigenvalue weighted by Gasteiger charge is 2.26. The number of nitrogens with zero attached hydrogens (tertiary/aromatic N) is 1. The van der Waals surface area contributed by atoms with E-state index in [1.165, 1.54) is 28.6 Å². The summed E-state index contributed by atoms with van der Waals surface area (Å²) in [5.74, 6) is -1.10. The van der Waals surface area contributed by atoms with Gasteiger partial charge in [0, 0.05) is 13.1 Å². The molecule has 0 fully saturated rings. The molecule has 0 heterocycles. The molecule has 1 N–H and O–H groups in total. The Balaban J connectivity index is 2.49. The Bertz CT molecular complexity index is 1060. The van der Waals surface area contributed by atoms with Crippen molar-refractivity contribution in [1.82, 2.24) is 4.31 Å². The van der Waals surface area contributed by atoms with Gasteiger partial charge in [0.15, 0.2) is 5.82 Å². The van der Waals surface area contributed by atoms with Crippen LogP contribution in [0.25, 0.3) is 0 Å². The first-order valence-electron chi connectivity index (χ1n) is 7.81. The number of benzene rings is 2. The number of halogens is 3. The third kappa shape index (κ3) is 4.55. The predicted octanol–water partition coefficient (Wildman–Crippen LogP) is 3.96. The topological polar surface area (TPSA) is 83.6 Å². The number of rotatable bonds is 7. The number of sulfonamides is 2. The van der Waals surface area contributed by atoms with Crippen molar-refractivity contribution in [1.29, 1.82) is 0 Å². The molecule has 0 atom stereocenters. The van der Waals surface area contributed by atoms with Crippen molar-refractivity contribution in [2.45, 2.75) is 23.6 Å². The van der Waals surface area contributed by atoms with Crippen LogP contribution in [0.1, 0.15) is 13.8 Å². The Kier molecular flexibility index (Phi) is 6.75. The van der Waals surface area contributed by atoms with Gasteiger partial charge in [-0.15, -0.1) is 0 Å². The molecule has 0 saturated heterocycles. The monoisotopic (exact) mass is 454 g/mol. The zero-order valence-corrected chi connectivity index (χ0v) is 17.6. The normalized spacial score (nSPS) is 12.4. The van der Waals surface area contributed by atoms with E-state index in [4.69, 9.17) is 23.2 Å². The predicted molar refractivity (Wildman–Crippen MR) is 104 cm³/mol. The SMILES string of the molecule is CCN(CC)S(=O)(=O)c1cc(NS(=O)(=O)c2cccc(Cl)c2F)ccc1Cl. The average Bonchev–Trinajstić information content (AvgIpc) is 2.59. The number of hydrogen-bond acceptors (Lipinski definition) is 4. The first kappa shape index (κ1) is 21.9. The Labute approximate surface area is 168 Å². The van der Waals surface area contributed by atoms with Crippen molar-refractivity contribution in [2.24, 2.45) is 0 Å². The van der Waals surface area contributed by atoms with E-state index in [0.717, 1.165) is 12.1 Å². The molecule has 2 aromatic rings. The number of nitrogens with one attached hydrogen (secondary N) is 1. The zero-order valence-electron chi connectivity index (χ0n) is 14.4. The lowest BCUT2D eigenvalue weighted by Gasteiger charge is -2.20. The van der Waals surface area contributed by atoms with Crippen molar-refractivity contribution in [3.63, 3.8) is 0 Å². The summed E-state index contributed by atoms with van der Waals surface area (Å²) in [6.07, 6.45) is 0. The molecule has 0 bridgehead atoms. The molecule has 2 rings (SSSR count). The van der Waals surface area contributed by atoms with Crippen LogP contribution < -0.4 is 4.72 Å². The van der Waals surface area contributed by atoms with E-state index in [0.29, 0.717) is 0 Å². The molecule has 0 amide bonds. The zero-order chi connectivity index (χ0) is 20.4. The fraction of sp³-hybridized carbons (Fsp3) is 0.250. The van der Waals surface area contributed by atoms with E-state index in [1.807, 2.05) is 0 Å². The van der Waals surface area contributed by atoms with Crippen LogP contribution in [0.15, 0.2) is 46.2 Å². The molecule has 0 aliphatic rings. The third-order valence-electron chi connectivity index (χ3n) is 3.71. The van der Waals surface area contributed by atoms with E-state index < -0.39 is 30.8 Å². The lowest BCUT2D eigenvalue weighted by atomic mass is 10.3. The molecular weight excluding hydrogens is 438 g/mol. The van der Waals surface area contributed by atoms with E-state index in [-0.39, 0.29) is 33.7 Å². The van der Waals surface area contributed by atoms with E-state index in [9.17, 15) is 21.2 Å². The maximum atomic E-state index is 14.1. The number of anilines is 1. The van der Waals surface area contributed by atoms with Crippen LogP contribution in [-0.2, 0) is 20.0 Å². The highest BCUT2D eigenvalue weighted by Crippen LogP contribution is 2.30. The van der Waals surface area contributed by atoms with Gasteiger partial charge in [0.05, 0.1) is 15.7 Å². The fourth-order valence-corrected chi connectivity index (χ4v) is 5.71.